The molecule has 0 aliphatic carbocycles. The van der Waals surface area contributed by atoms with Gasteiger partial charge in [0.1, 0.15) is 5.75 Å². The number of nitrogens with zero attached hydrogens (tertiary/aromatic N) is 1. The van der Waals surface area contributed by atoms with Crippen molar-refractivity contribution in [2.75, 3.05) is 20.7 Å². The predicted molar refractivity (Wildman–Crippen MR) is 80.4 cm³/mol. The first-order valence-electron chi connectivity index (χ1n) is 6.90. The molecule has 20 heavy (non-hydrogen) atoms. The lowest BCUT2D eigenvalue weighted by Gasteiger charge is -2.25. The summed E-state index contributed by atoms with van der Waals surface area (Å²) >= 11 is 0. The second-order valence-electron chi connectivity index (χ2n) is 5.02. The minimum absolute atomic E-state index is 0.115. The Morgan fingerprint density at radius 3 is 2.80 bits per heavy atom. The number of amides is 1. The number of hydrogen-bond acceptors (Lipinski definition) is 4. The smallest absolute Gasteiger partial charge is 0.233 e. The zero-order chi connectivity index (χ0) is 15.0. The molecule has 1 rings (SSSR count). The normalized spacial score (nSPS) is 12.2. The predicted octanol–water partition coefficient (Wildman–Crippen LogP) is 1.33. The van der Waals surface area contributed by atoms with Gasteiger partial charge in [-0.3, -0.25) is 10.2 Å². The number of carbonyl (C=O) groups excluding carboxylic acids is 1. The van der Waals surface area contributed by atoms with Gasteiger partial charge in [-0.05, 0) is 45.0 Å². The first-order valence-corrected chi connectivity index (χ1v) is 6.90. The third-order valence-electron chi connectivity index (χ3n) is 3.54. The van der Waals surface area contributed by atoms with Gasteiger partial charge >= 0.3 is 0 Å². The van der Waals surface area contributed by atoms with Gasteiger partial charge in [-0.2, -0.15) is 0 Å². The molecular formula is C15H25N3O2. The number of hydrazine groups is 1. The van der Waals surface area contributed by atoms with Gasteiger partial charge in [0.05, 0.1) is 7.11 Å². The summed E-state index contributed by atoms with van der Waals surface area (Å²) in [5.74, 6) is 5.87. The van der Waals surface area contributed by atoms with E-state index in [0.717, 1.165) is 25.1 Å². The Morgan fingerprint density at radius 1 is 1.45 bits per heavy atom. The van der Waals surface area contributed by atoms with E-state index in [4.69, 9.17) is 10.6 Å². The second kappa shape index (κ2) is 8.55. The Balaban J connectivity index is 2.45. The number of methoxy groups -OCH3 is 1. The summed E-state index contributed by atoms with van der Waals surface area (Å²) in [7, 11) is 3.76. The van der Waals surface area contributed by atoms with Crippen molar-refractivity contribution in [3.8, 4) is 5.75 Å². The lowest BCUT2D eigenvalue weighted by molar-refractivity contribution is -0.121. The van der Waals surface area contributed by atoms with Crippen LogP contribution in [-0.2, 0) is 11.2 Å². The third-order valence-corrected chi connectivity index (χ3v) is 3.54. The van der Waals surface area contributed by atoms with Gasteiger partial charge in [0.25, 0.3) is 0 Å². The molecule has 1 aromatic rings. The highest BCUT2D eigenvalue weighted by Gasteiger charge is 2.12. The van der Waals surface area contributed by atoms with Crippen molar-refractivity contribution in [3.63, 3.8) is 0 Å². The van der Waals surface area contributed by atoms with Crippen LogP contribution >= 0.6 is 0 Å². The maximum atomic E-state index is 11.1. The van der Waals surface area contributed by atoms with Crippen molar-refractivity contribution in [3.05, 3.63) is 29.8 Å². The van der Waals surface area contributed by atoms with Crippen LogP contribution in [0.4, 0.5) is 0 Å². The molecule has 0 aromatic heterocycles. The van der Waals surface area contributed by atoms with Gasteiger partial charge in [-0.15, -0.1) is 0 Å². The quantitative estimate of drug-likeness (QED) is 0.428. The zero-order valence-corrected chi connectivity index (χ0v) is 12.6. The summed E-state index contributed by atoms with van der Waals surface area (Å²) in [6.45, 7) is 3.04. The Morgan fingerprint density at radius 2 is 2.15 bits per heavy atom. The van der Waals surface area contributed by atoms with Crippen LogP contribution in [0, 0.1) is 0 Å². The molecule has 1 aromatic carbocycles. The highest BCUT2D eigenvalue weighted by Crippen LogP contribution is 2.20. The molecule has 0 aliphatic rings. The zero-order valence-electron chi connectivity index (χ0n) is 12.6. The Bertz CT molecular complexity index is 423. The summed E-state index contributed by atoms with van der Waals surface area (Å²) in [5, 5.41) is 0. The number of ether oxygens (including phenoxy) is 1. The van der Waals surface area contributed by atoms with Crippen molar-refractivity contribution in [1.82, 2.24) is 10.3 Å². The molecule has 5 heteroatoms. The molecule has 5 nitrogen and oxygen atoms in total. The molecule has 3 N–H and O–H groups in total. The summed E-state index contributed by atoms with van der Waals surface area (Å²) in [6, 6.07) is 8.45. The highest BCUT2D eigenvalue weighted by atomic mass is 16.5. The molecule has 1 amide bonds. The highest BCUT2D eigenvalue weighted by molar-refractivity contribution is 5.75. The maximum Gasteiger partial charge on any atom is 0.233 e. The summed E-state index contributed by atoms with van der Waals surface area (Å²) < 4.78 is 5.37. The van der Waals surface area contributed by atoms with E-state index in [-0.39, 0.29) is 5.91 Å². The van der Waals surface area contributed by atoms with E-state index < -0.39 is 0 Å². The number of hydrogen-bond donors (Lipinski definition) is 2. The van der Waals surface area contributed by atoms with E-state index >= 15 is 0 Å². The molecule has 0 spiro atoms. The number of nitrogens with two attached hydrogens (primary N) is 1. The lowest BCUT2D eigenvalue weighted by Crippen LogP contribution is -2.34. The number of likely N-dealkylation sites (N-methyl/N-ethyl adjacent to an activating group) is 1. The van der Waals surface area contributed by atoms with Crippen LogP contribution in [0.15, 0.2) is 24.3 Å². The van der Waals surface area contributed by atoms with Crippen LogP contribution in [-0.4, -0.2) is 37.6 Å². The Hall–Kier alpha value is -1.59. The van der Waals surface area contributed by atoms with Crippen molar-refractivity contribution in [2.24, 2.45) is 5.84 Å². The van der Waals surface area contributed by atoms with E-state index in [2.05, 4.69) is 30.4 Å². The summed E-state index contributed by atoms with van der Waals surface area (Å²) in [6.07, 6.45) is 2.18. The third kappa shape index (κ3) is 5.19. The number of carbonyl (C=O) groups is 1. The fraction of sp³-hybridized carbons (Fsp3) is 0.533. The van der Waals surface area contributed by atoms with Gasteiger partial charge in [-0.1, -0.05) is 18.2 Å². The van der Waals surface area contributed by atoms with Crippen molar-refractivity contribution < 1.29 is 9.53 Å². The number of nitrogens with one attached hydrogen (secondary N) is 1. The Kier molecular flexibility index (Phi) is 7.04. The van der Waals surface area contributed by atoms with Crippen molar-refractivity contribution in [1.29, 1.82) is 0 Å². The maximum absolute atomic E-state index is 11.1. The van der Waals surface area contributed by atoms with Crippen LogP contribution in [0.3, 0.4) is 0 Å². The van der Waals surface area contributed by atoms with Crippen LogP contribution in [0.1, 0.15) is 25.3 Å². The molecule has 0 saturated carbocycles. The van der Waals surface area contributed by atoms with Gasteiger partial charge in [0.2, 0.25) is 5.91 Å². The fourth-order valence-corrected chi connectivity index (χ4v) is 2.13. The van der Waals surface area contributed by atoms with Gasteiger partial charge in [0.15, 0.2) is 0 Å². The monoisotopic (exact) mass is 279 g/mol. The molecule has 0 radical (unpaired) electrons. The lowest BCUT2D eigenvalue weighted by atomic mass is 10.0. The molecule has 0 heterocycles. The molecule has 112 valence electrons. The van der Waals surface area contributed by atoms with E-state index in [9.17, 15) is 4.79 Å². The molecule has 0 saturated heterocycles. The summed E-state index contributed by atoms with van der Waals surface area (Å²) in [5.41, 5.74) is 3.35. The number of benzene rings is 1. The van der Waals surface area contributed by atoms with Gasteiger partial charge < -0.3 is 9.64 Å². The van der Waals surface area contributed by atoms with E-state index in [1.54, 1.807) is 7.11 Å². The van der Waals surface area contributed by atoms with Crippen molar-refractivity contribution in [2.45, 2.75) is 32.2 Å². The molecule has 1 unspecified atom stereocenters. The number of para-hydroxylation sites is 1. The van der Waals surface area contributed by atoms with Crippen LogP contribution in [0.5, 0.6) is 5.75 Å². The molecule has 0 bridgehead atoms. The molecular weight excluding hydrogens is 254 g/mol. The minimum Gasteiger partial charge on any atom is -0.496 e. The van der Waals surface area contributed by atoms with E-state index in [1.165, 1.54) is 5.56 Å². The van der Waals surface area contributed by atoms with Gasteiger partial charge in [-0.25, -0.2) is 5.84 Å². The summed E-state index contributed by atoms with van der Waals surface area (Å²) in [4.78, 5) is 13.3. The standard InChI is InChI=1S/C15H25N3O2/c1-12(18(2)10-6-9-15(19)17-16)11-13-7-4-5-8-14(13)20-3/h4-5,7-8,12H,6,9-11,16H2,1-3H3,(H,17,19). The minimum atomic E-state index is -0.115. The van der Waals surface area contributed by atoms with Crippen LogP contribution in [0.2, 0.25) is 0 Å². The first-order chi connectivity index (χ1) is 9.58. The van der Waals surface area contributed by atoms with Crippen LogP contribution < -0.4 is 16.0 Å². The van der Waals surface area contributed by atoms with Crippen molar-refractivity contribution >= 4 is 5.91 Å². The second-order valence-corrected chi connectivity index (χ2v) is 5.02. The Labute approximate surface area is 121 Å². The average Bonchev–Trinajstić information content (AvgIpc) is 2.47. The molecule has 0 fully saturated rings. The SMILES string of the molecule is COc1ccccc1CC(C)N(C)CCCC(=O)NN. The first kappa shape index (κ1) is 16.5. The van der Waals surface area contributed by atoms with E-state index in [1.807, 2.05) is 18.2 Å². The van der Waals surface area contributed by atoms with E-state index in [0.29, 0.717) is 12.5 Å². The average molecular weight is 279 g/mol. The largest absolute Gasteiger partial charge is 0.496 e. The molecule has 0 aliphatic heterocycles. The number of rotatable bonds is 8. The molecule has 1 atom stereocenters. The topological polar surface area (TPSA) is 67.6 Å². The van der Waals surface area contributed by atoms with Crippen LogP contribution in [0.25, 0.3) is 0 Å². The van der Waals surface area contributed by atoms with Gasteiger partial charge in [0, 0.05) is 12.5 Å². The fourth-order valence-electron chi connectivity index (χ4n) is 2.13.